The van der Waals surface area contributed by atoms with Crippen molar-refractivity contribution in [2.45, 2.75) is 26.8 Å². The molecule has 0 bridgehead atoms. The number of hydrogen-bond donors (Lipinski definition) is 3. The van der Waals surface area contributed by atoms with Crippen LogP contribution in [0.25, 0.3) is 0 Å². The van der Waals surface area contributed by atoms with Gasteiger partial charge >= 0.3 is 12.0 Å². The molecule has 8 nitrogen and oxygen atoms in total. The lowest BCUT2D eigenvalue weighted by Gasteiger charge is -2.27. The summed E-state index contributed by atoms with van der Waals surface area (Å²) in [6, 6.07) is 3.47. The molecule has 0 fully saturated rings. The van der Waals surface area contributed by atoms with Gasteiger partial charge in [-0.3, -0.25) is 10.1 Å². The minimum absolute atomic E-state index is 0.0981. The third-order valence-electron chi connectivity index (χ3n) is 2.72. The first-order chi connectivity index (χ1) is 9.61. The summed E-state index contributed by atoms with van der Waals surface area (Å²) in [7, 11) is 0. The summed E-state index contributed by atoms with van der Waals surface area (Å²) in [6.45, 7) is 5.08. The quantitative estimate of drug-likeness (QED) is 0.580. The van der Waals surface area contributed by atoms with Gasteiger partial charge < -0.3 is 15.7 Å². The maximum absolute atomic E-state index is 11.8. The minimum atomic E-state index is -1.14. The fraction of sp³-hybridized carbons (Fsp3) is 0.385. The lowest BCUT2D eigenvalue weighted by molar-refractivity contribution is -0.384. The Balaban J connectivity index is 2.72. The average molecular weight is 295 g/mol. The molecule has 0 aliphatic heterocycles. The minimum Gasteiger partial charge on any atom is -0.480 e. The maximum Gasteiger partial charge on any atom is 0.326 e. The average Bonchev–Trinajstić information content (AvgIpc) is 2.35. The van der Waals surface area contributed by atoms with E-state index in [9.17, 15) is 19.7 Å². The van der Waals surface area contributed by atoms with Gasteiger partial charge in [-0.15, -0.1) is 0 Å². The van der Waals surface area contributed by atoms with E-state index < -0.39 is 28.4 Å². The predicted octanol–water partition coefficient (Wildman–Crippen LogP) is 2.22. The Morgan fingerprint density at radius 2 is 1.76 bits per heavy atom. The number of nitro benzene ring substituents is 1. The molecule has 8 heteroatoms. The smallest absolute Gasteiger partial charge is 0.326 e. The highest BCUT2D eigenvalue weighted by atomic mass is 16.6. The molecule has 0 saturated carbocycles. The van der Waals surface area contributed by atoms with Crippen LogP contribution in [-0.2, 0) is 4.79 Å². The van der Waals surface area contributed by atoms with E-state index in [1.165, 1.54) is 24.3 Å². The molecule has 114 valence electrons. The molecule has 0 saturated heterocycles. The first-order valence-corrected chi connectivity index (χ1v) is 6.16. The number of carboxylic acid groups (broad SMARTS) is 1. The molecule has 1 rings (SSSR count). The highest BCUT2D eigenvalue weighted by Gasteiger charge is 2.32. The van der Waals surface area contributed by atoms with Gasteiger partial charge in [-0.25, -0.2) is 9.59 Å². The molecule has 21 heavy (non-hydrogen) atoms. The topological polar surface area (TPSA) is 122 Å². The fourth-order valence-corrected chi connectivity index (χ4v) is 1.61. The van der Waals surface area contributed by atoms with Gasteiger partial charge in [0.25, 0.3) is 5.69 Å². The number of amides is 2. The SMILES string of the molecule is CC(C)(C)C(NC(=O)Nc1ccc([N+](=O)[O-])cc1)C(=O)O. The molecule has 0 radical (unpaired) electrons. The van der Waals surface area contributed by atoms with Crippen molar-refractivity contribution >= 4 is 23.4 Å². The number of aliphatic carboxylic acids is 1. The van der Waals surface area contributed by atoms with E-state index in [-0.39, 0.29) is 5.69 Å². The molecular weight excluding hydrogens is 278 g/mol. The number of nitrogens with one attached hydrogen (secondary N) is 2. The van der Waals surface area contributed by atoms with Crippen molar-refractivity contribution in [3.8, 4) is 0 Å². The van der Waals surface area contributed by atoms with Gasteiger partial charge in [0, 0.05) is 17.8 Å². The van der Waals surface area contributed by atoms with Gasteiger partial charge in [-0.1, -0.05) is 20.8 Å². The van der Waals surface area contributed by atoms with E-state index in [2.05, 4.69) is 10.6 Å². The number of benzene rings is 1. The number of carbonyl (C=O) groups excluding carboxylic acids is 1. The van der Waals surface area contributed by atoms with Crippen LogP contribution in [0.5, 0.6) is 0 Å². The van der Waals surface area contributed by atoms with Crippen LogP contribution in [0.4, 0.5) is 16.2 Å². The summed E-state index contributed by atoms with van der Waals surface area (Å²) >= 11 is 0. The zero-order chi connectivity index (χ0) is 16.2. The van der Waals surface area contributed by atoms with Crippen molar-refractivity contribution in [3.05, 3.63) is 34.4 Å². The normalized spacial score (nSPS) is 12.3. The highest BCUT2D eigenvalue weighted by molar-refractivity contribution is 5.92. The van der Waals surface area contributed by atoms with Crippen LogP contribution in [0.3, 0.4) is 0 Å². The molecule has 0 heterocycles. The largest absolute Gasteiger partial charge is 0.480 e. The molecule has 1 aromatic carbocycles. The first kappa shape index (κ1) is 16.4. The summed E-state index contributed by atoms with van der Waals surface area (Å²) in [4.78, 5) is 32.9. The van der Waals surface area contributed by atoms with E-state index in [1.807, 2.05) is 0 Å². The summed E-state index contributed by atoms with van der Waals surface area (Å²) < 4.78 is 0. The lowest BCUT2D eigenvalue weighted by Crippen LogP contribution is -2.50. The number of nitro groups is 1. The second-order valence-corrected chi connectivity index (χ2v) is 5.54. The van der Waals surface area contributed by atoms with Gasteiger partial charge in [0.15, 0.2) is 0 Å². The van der Waals surface area contributed by atoms with Crippen molar-refractivity contribution in [2.75, 3.05) is 5.32 Å². The summed E-state index contributed by atoms with van der Waals surface area (Å²) in [5.41, 5.74) is -0.422. The number of rotatable bonds is 4. The predicted molar refractivity (Wildman–Crippen MR) is 76.1 cm³/mol. The Bertz CT molecular complexity index is 548. The van der Waals surface area contributed by atoms with Gasteiger partial charge in [0.1, 0.15) is 6.04 Å². The fourth-order valence-electron chi connectivity index (χ4n) is 1.61. The van der Waals surface area contributed by atoms with Crippen LogP contribution >= 0.6 is 0 Å². The van der Waals surface area contributed by atoms with E-state index in [4.69, 9.17) is 5.11 Å². The molecule has 0 spiro atoms. The monoisotopic (exact) mass is 295 g/mol. The van der Waals surface area contributed by atoms with E-state index in [0.29, 0.717) is 5.69 Å². The molecule has 1 unspecified atom stereocenters. The van der Waals surface area contributed by atoms with E-state index in [1.54, 1.807) is 20.8 Å². The van der Waals surface area contributed by atoms with Crippen molar-refractivity contribution in [2.24, 2.45) is 5.41 Å². The molecule has 3 N–H and O–H groups in total. The Kier molecular flexibility index (Phi) is 4.85. The molecule has 2 amide bonds. The van der Waals surface area contributed by atoms with Gasteiger partial charge in [0.2, 0.25) is 0 Å². The number of urea groups is 1. The standard InChI is InChI=1S/C13H17N3O5/c1-13(2,3)10(11(17)18)15-12(19)14-8-4-6-9(7-5-8)16(20)21/h4-7,10H,1-3H3,(H,17,18)(H2,14,15,19). The summed E-state index contributed by atoms with van der Waals surface area (Å²) in [5, 5.41) is 24.4. The molecular formula is C13H17N3O5. The van der Waals surface area contributed by atoms with Crippen molar-refractivity contribution in [1.82, 2.24) is 5.32 Å². The molecule has 1 atom stereocenters. The number of non-ortho nitro benzene ring substituents is 1. The van der Waals surface area contributed by atoms with E-state index in [0.717, 1.165) is 0 Å². The summed E-state index contributed by atoms with van der Waals surface area (Å²) in [5.74, 6) is -1.14. The Morgan fingerprint density at radius 1 is 1.24 bits per heavy atom. The lowest BCUT2D eigenvalue weighted by atomic mass is 9.87. The second-order valence-electron chi connectivity index (χ2n) is 5.54. The first-order valence-electron chi connectivity index (χ1n) is 6.16. The Morgan fingerprint density at radius 3 is 2.14 bits per heavy atom. The maximum atomic E-state index is 11.8. The van der Waals surface area contributed by atoms with Gasteiger partial charge in [-0.05, 0) is 17.5 Å². The number of carboxylic acids is 1. The Hall–Kier alpha value is -2.64. The molecule has 0 aliphatic rings. The zero-order valence-corrected chi connectivity index (χ0v) is 11.9. The number of carbonyl (C=O) groups is 2. The van der Waals surface area contributed by atoms with Gasteiger partial charge in [0.05, 0.1) is 4.92 Å². The van der Waals surface area contributed by atoms with Crippen LogP contribution in [0, 0.1) is 15.5 Å². The molecule has 1 aromatic rings. The zero-order valence-electron chi connectivity index (χ0n) is 11.9. The van der Waals surface area contributed by atoms with Crippen LogP contribution in [0.1, 0.15) is 20.8 Å². The van der Waals surface area contributed by atoms with Crippen LogP contribution in [-0.4, -0.2) is 28.1 Å². The van der Waals surface area contributed by atoms with E-state index >= 15 is 0 Å². The highest BCUT2D eigenvalue weighted by Crippen LogP contribution is 2.20. The number of nitrogens with zero attached hydrogens (tertiary/aromatic N) is 1. The molecule has 0 aromatic heterocycles. The van der Waals surface area contributed by atoms with Crippen LogP contribution in [0.2, 0.25) is 0 Å². The third-order valence-corrected chi connectivity index (χ3v) is 2.72. The third kappa shape index (κ3) is 4.75. The van der Waals surface area contributed by atoms with Crippen LogP contribution < -0.4 is 10.6 Å². The number of anilines is 1. The van der Waals surface area contributed by atoms with Crippen molar-refractivity contribution in [1.29, 1.82) is 0 Å². The van der Waals surface area contributed by atoms with Crippen molar-refractivity contribution in [3.63, 3.8) is 0 Å². The molecule has 0 aliphatic carbocycles. The van der Waals surface area contributed by atoms with Crippen molar-refractivity contribution < 1.29 is 19.6 Å². The Labute approximate surface area is 121 Å². The number of hydrogen-bond acceptors (Lipinski definition) is 4. The summed E-state index contributed by atoms with van der Waals surface area (Å²) in [6.07, 6.45) is 0. The van der Waals surface area contributed by atoms with Crippen LogP contribution in [0.15, 0.2) is 24.3 Å². The van der Waals surface area contributed by atoms with Gasteiger partial charge in [-0.2, -0.15) is 0 Å². The second kappa shape index (κ2) is 6.21.